The normalized spacial score (nSPS) is 25.9. The maximum atomic E-state index is 14.1. The molecule has 0 saturated carbocycles. The van der Waals surface area contributed by atoms with Crippen LogP contribution in [0.4, 0.5) is 0 Å². The van der Waals surface area contributed by atoms with Crippen molar-refractivity contribution in [2.45, 2.75) is 170 Å². The first-order valence-corrected chi connectivity index (χ1v) is 21.4. The molecule has 1 saturated heterocycles. The molecule has 1 aliphatic heterocycles. The van der Waals surface area contributed by atoms with Gasteiger partial charge < -0.3 is 42.0 Å². The van der Waals surface area contributed by atoms with Gasteiger partial charge in [-0.2, -0.15) is 0 Å². The highest BCUT2D eigenvalue weighted by molar-refractivity contribution is 5.97. The van der Waals surface area contributed by atoms with Crippen molar-refractivity contribution in [3.05, 3.63) is 35.9 Å². The molecule has 1 fully saturated rings. The smallest absolute Gasteiger partial charge is 0.328 e. The van der Waals surface area contributed by atoms with Crippen molar-refractivity contribution < 1.29 is 43.1 Å². The van der Waals surface area contributed by atoms with Crippen LogP contribution in [0, 0.1) is 23.7 Å². The van der Waals surface area contributed by atoms with Crippen molar-refractivity contribution >= 4 is 47.3 Å². The lowest BCUT2D eigenvalue weighted by molar-refractivity contribution is -0.155. The molecule has 60 heavy (non-hydrogen) atoms. The minimum Gasteiger partial charge on any atom is -0.458 e. The first kappa shape index (κ1) is 51.1. The van der Waals surface area contributed by atoms with Gasteiger partial charge in [0.15, 0.2) is 0 Å². The van der Waals surface area contributed by atoms with E-state index >= 15 is 0 Å². The van der Waals surface area contributed by atoms with Gasteiger partial charge in [0.1, 0.15) is 48.4 Å². The fraction of sp³-hybridized carbons (Fsp3) is 0.682. The largest absolute Gasteiger partial charge is 0.458 e. The zero-order valence-corrected chi connectivity index (χ0v) is 37.4. The summed E-state index contributed by atoms with van der Waals surface area (Å²) in [6, 6.07) is 0.493. The minimum absolute atomic E-state index is 0.0347. The number of cyclic esters (lactones) is 1. The lowest BCUT2D eigenvalue weighted by atomic mass is 9.98. The standard InChI is InChI=1S/C44H71N7O9/c1-24(2)16-15-19-36(52)51-37-30(11)60-44(59)29(10)46-39(54)32(20-25(3)4)48-40(55)33(21-26(5)6)49-41(56)34(22-27(7)8)50-42(57)35(23-31-17-13-12-14-18-31)47-38(53)28(9)45-43(37)58/h12-14,17-18,24-30,32-35,37H,15-16,19-23H2,1-11H3,(H,45,58)(H,46,54)(H,47,53)(H,48,55)(H,49,56)(H,50,57)(H,51,52)/t28-,29-,30+,32-,33+,34+,35-,37?/m0/s1. The molecule has 0 aromatic heterocycles. The third-order valence-electron chi connectivity index (χ3n) is 9.96. The second kappa shape index (κ2) is 24.9. The van der Waals surface area contributed by atoms with Gasteiger partial charge in [0.05, 0.1) is 0 Å². The van der Waals surface area contributed by atoms with Crippen LogP contribution in [-0.4, -0.2) is 95.7 Å². The van der Waals surface area contributed by atoms with Gasteiger partial charge >= 0.3 is 5.97 Å². The van der Waals surface area contributed by atoms with Crippen LogP contribution in [0.25, 0.3) is 0 Å². The van der Waals surface area contributed by atoms with Crippen LogP contribution in [-0.2, 0) is 49.5 Å². The average molecular weight is 842 g/mol. The summed E-state index contributed by atoms with van der Waals surface area (Å²) < 4.78 is 5.64. The van der Waals surface area contributed by atoms with Crippen LogP contribution in [0.15, 0.2) is 30.3 Å². The Balaban J connectivity index is 2.65. The van der Waals surface area contributed by atoms with Gasteiger partial charge in [-0.3, -0.25) is 33.6 Å². The van der Waals surface area contributed by atoms with E-state index in [2.05, 4.69) is 37.2 Å². The molecule has 1 aliphatic rings. The fourth-order valence-corrected chi connectivity index (χ4v) is 6.69. The highest BCUT2D eigenvalue weighted by atomic mass is 16.5. The van der Waals surface area contributed by atoms with Crippen LogP contribution in [0.5, 0.6) is 0 Å². The first-order chi connectivity index (χ1) is 28.1. The number of rotatable bonds is 13. The Kier molecular flexibility index (Phi) is 21.2. The molecule has 1 aromatic rings. The van der Waals surface area contributed by atoms with Crippen molar-refractivity contribution in [1.29, 1.82) is 0 Å². The van der Waals surface area contributed by atoms with E-state index in [4.69, 9.17) is 4.74 Å². The molecule has 1 aromatic carbocycles. The number of carbonyl (C=O) groups excluding carboxylic acids is 8. The molecule has 0 radical (unpaired) electrons. The zero-order chi connectivity index (χ0) is 45.3. The van der Waals surface area contributed by atoms with Crippen LogP contribution >= 0.6 is 0 Å². The monoisotopic (exact) mass is 842 g/mol. The van der Waals surface area contributed by atoms with Crippen LogP contribution in [0.1, 0.15) is 120 Å². The molecule has 0 aliphatic carbocycles. The summed E-state index contributed by atoms with van der Waals surface area (Å²) in [5.74, 6) is -5.41. The van der Waals surface area contributed by atoms with Gasteiger partial charge in [-0.25, -0.2) is 4.79 Å². The predicted octanol–water partition coefficient (Wildman–Crippen LogP) is 2.57. The van der Waals surface area contributed by atoms with E-state index in [9.17, 15) is 38.4 Å². The maximum Gasteiger partial charge on any atom is 0.328 e. The Bertz CT molecular complexity index is 1620. The van der Waals surface area contributed by atoms with Crippen LogP contribution in [0.2, 0.25) is 0 Å². The van der Waals surface area contributed by atoms with Crippen molar-refractivity contribution in [2.24, 2.45) is 23.7 Å². The molecular formula is C44H71N7O9. The van der Waals surface area contributed by atoms with E-state index in [0.717, 1.165) is 6.42 Å². The van der Waals surface area contributed by atoms with Crippen molar-refractivity contribution in [1.82, 2.24) is 37.2 Å². The number of hydrogen-bond donors (Lipinski definition) is 7. The van der Waals surface area contributed by atoms with Crippen LogP contribution in [0.3, 0.4) is 0 Å². The van der Waals surface area contributed by atoms with E-state index < -0.39 is 95.7 Å². The van der Waals surface area contributed by atoms with Gasteiger partial charge in [-0.15, -0.1) is 0 Å². The second-order valence-corrected chi connectivity index (χ2v) is 17.8. The molecule has 336 valence electrons. The zero-order valence-electron chi connectivity index (χ0n) is 37.4. The van der Waals surface area contributed by atoms with E-state index in [1.807, 2.05) is 55.4 Å². The number of ether oxygens (including phenoxy) is 1. The highest BCUT2D eigenvalue weighted by Gasteiger charge is 2.36. The fourth-order valence-electron chi connectivity index (χ4n) is 6.69. The summed E-state index contributed by atoms with van der Waals surface area (Å²) >= 11 is 0. The summed E-state index contributed by atoms with van der Waals surface area (Å²) in [4.78, 5) is 110. The Hall–Kier alpha value is -5.02. The molecule has 16 heteroatoms. The molecule has 1 unspecified atom stereocenters. The number of benzene rings is 1. The van der Waals surface area contributed by atoms with Crippen molar-refractivity contribution in [3.8, 4) is 0 Å². The van der Waals surface area contributed by atoms with E-state index in [-0.39, 0.29) is 49.9 Å². The Labute approximate surface area is 356 Å². The van der Waals surface area contributed by atoms with Gasteiger partial charge in [-0.05, 0) is 75.7 Å². The number of carbonyl (C=O) groups is 8. The molecule has 1 heterocycles. The Morgan fingerprint density at radius 3 is 1.47 bits per heavy atom. The summed E-state index contributed by atoms with van der Waals surface area (Å²) in [7, 11) is 0. The molecule has 16 nitrogen and oxygen atoms in total. The summed E-state index contributed by atoms with van der Waals surface area (Å²) in [5, 5.41) is 18.9. The minimum atomic E-state index is -1.44. The molecule has 0 bridgehead atoms. The van der Waals surface area contributed by atoms with Gasteiger partial charge in [0.25, 0.3) is 0 Å². The summed E-state index contributed by atoms with van der Waals surface area (Å²) in [5.41, 5.74) is 0.708. The first-order valence-electron chi connectivity index (χ1n) is 21.4. The number of hydrogen-bond acceptors (Lipinski definition) is 9. The van der Waals surface area contributed by atoms with Gasteiger partial charge in [-0.1, -0.05) is 92.1 Å². The topological polar surface area (TPSA) is 230 Å². The van der Waals surface area contributed by atoms with Crippen molar-refractivity contribution in [3.63, 3.8) is 0 Å². The quantitative estimate of drug-likeness (QED) is 0.145. The van der Waals surface area contributed by atoms with Gasteiger partial charge in [0.2, 0.25) is 41.4 Å². The summed E-state index contributed by atoms with van der Waals surface area (Å²) in [6.07, 6.45) is 0.780. The van der Waals surface area contributed by atoms with E-state index in [0.29, 0.717) is 17.9 Å². The van der Waals surface area contributed by atoms with Crippen LogP contribution < -0.4 is 37.2 Å². The molecule has 7 N–H and O–H groups in total. The molecule has 8 atom stereocenters. The predicted molar refractivity (Wildman–Crippen MR) is 228 cm³/mol. The number of amides is 7. The highest BCUT2D eigenvalue weighted by Crippen LogP contribution is 2.14. The number of esters is 1. The SMILES string of the molecule is CC(C)CCCC(=O)NC1C(=O)N[C@@H](C)C(=O)N[C@@H](Cc2ccccc2)C(=O)N[C@H](CC(C)C)C(=O)N[C@H](CC(C)C)C(=O)N[C@@H](CC(C)C)C(=O)N[C@@H](C)C(=O)O[C@@H]1C. The van der Waals surface area contributed by atoms with Gasteiger partial charge in [0, 0.05) is 12.8 Å². The van der Waals surface area contributed by atoms with E-state index in [1.165, 1.54) is 20.8 Å². The second-order valence-electron chi connectivity index (χ2n) is 17.8. The average Bonchev–Trinajstić information content (AvgIpc) is 3.14. The molecule has 2 rings (SSSR count). The van der Waals surface area contributed by atoms with E-state index in [1.54, 1.807) is 30.3 Å². The van der Waals surface area contributed by atoms with Crippen molar-refractivity contribution in [2.75, 3.05) is 0 Å². The molecule has 0 spiro atoms. The maximum absolute atomic E-state index is 14.1. The Morgan fingerprint density at radius 2 is 1.00 bits per heavy atom. The molecular weight excluding hydrogens is 771 g/mol. The third-order valence-corrected chi connectivity index (χ3v) is 9.96. The number of nitrogens with one attached hydrogen (secondary N) is 7. The summed E-state index contributed by atoms with van der Waals surface area (Å²) in [6.45, 7) is 19.5. The third kappa shape index (κ3) is 18.1. The lowest BCUT2D eigenvalue weighted by Gasteiger charge is -2.30. The molecule has 7 amide bonds. The Morgan fingerprint density at radius 1 is 0.567 bits per heavy atom. The lowest BCUT2D eigenvalue weighted by Crippen LogP contribution is -2.61.